The summed E-state index contributed by atoms with van der Waals surface area (Å²) in [5.74, 6) is -1.21. The van der Waals surface area contributed by atoms with E-state index in [-0.39, 0.29) is 12.0 Å². The first-order chi connectivity index (χ1) is 9.74. The van der Waals surface area contributed by atoms with Crippen molar-refractivity contribution in [3.8, 4) is 0 Å². The first kappa shape index (κ1) is 15.9. The van der Waals surface area contributed by atoms with Crippen LogP contribution in [0.3, 0.4) is 0 Å². The van der Waals surface area contributed by atoms with Crippen LogP contribution in [0.15, 0.2) is 0 Å². The second-order valence-corrected chi connectivity index (χ2v) is 5.56. The molecule has 0 aromatic heterocycles. The van der Waals surface area contributed by atoms with Gasteiger partial charge in [0.1, 0.15) is 13.1 Å². The highest BCUT2D eigenvalue weighted by Crippen LogP contribution is 2.27. The van der Waals surface area contributed by atoms with Crippen molar-refractivity contribution in [3.05, 3.63) is 0 Å². The summed E-state index contributed by atoms with van der Waals surface area (Å²) >= 11 is 0. The summed E-state index contributed by atoms with van der Waals surface area (Å²) in [6, 6.07) is -1.17. The Morgan fingerprint density at radius 2 is 1.90 bits per heavy atom. The van der Waals surface area contributed by atoms with Crippen molar-refractivity contribution in [3.63, 3.8) is 0 Å². The number of carboxylic acids is 1. The first-order valence-corrected chi connectivity index (χ1v) is 6.81. The van der Waals surface area contributed by atoms with Gasteiger partial charge in [-0.3, -0.25) is 4.79 Å². The topological polar surface area (TPSA) is 72.9 Å². The molecule has 3 saturated heterocycles. The fourth-order valence-corrected chi connectivity index (χ4v) is 2.96. The van der Waals surface area contributed by atoms with E-state index in [1.165, 1.54) is 0 Å². The summed E-state index contributed by atoms with van der Waals surface area (Å²) in [6.45, 7) is -0.0289. The monoisotopic (exact) mass is 309 g/mol. The number of carbonyl (C=O) groups excluding carboxylic acids is 1. The lowest BCUT2D eigenvalue weighted by molar-refractivity contribution is -0.149. The molecule has 1 atom stereocenters. The molecule has 0 radical (unpaired) electrons. The molecule has 6 nitrogen and oxygen atoms in total. The van der Waals surface area contributed by atoms with Crippen LogP contribution in [0.25, 0.3) is 0 Å². The number of nitrogens with one attached hydrogen (secondary N) is 1. The molecule has 0 aliphatic carbocycles. The Morgan fingerprint density at radius 1 is 1.29 bits per heavy atom. The number of halogens is 3. The maximum Gasteiger partial charge on any atom is 0.406 e. The number of urea groups is 1. The number of nitrogens with zero attached hydrogens (tertiary/aromatic N) is 2. The summed E-state index contributed by atoms with van der Waals surface area (Å²) in [7, 11) is 0. The minimum Gasteiger partial charge on any atom is -0.480 e. The average molecular weight is 309 g/mol. The van der Waals surface area contributed by atoms with Crippen molar-refractivity contribution in [1.29, 1.82) is 0 Å². The Kier molecular flexibility index (Phi) is 4.60. The predicted molar refractivity (Wildman–Crippen MR) is 66.7 cm³/mol. The Bertz CT molecular complexity index is 408. The minimum absolute atomic E-state index is 0.204. The number of rotatable bonds is 4. The van der Waals surface area contributed by atoms with Crippen molar-refractivity contribution < 1.29 is 27.9 Å². The molecule has 21 heavy (non-hydrogen) atoms. The minimum atomic E-state index is -4.62. The largest absolute Gasteiger partial charge is 0.480 e. The van der Waals surface area contributed by atoms with E-state index in [2.05, 4.69) is 10.2 Å². The van der Waals surface area contributed by atoms with Crippen molar-refractivity contribution in [2.45, 2.75) is 25.1 Å². The Morgan fingerprint density at radius 3 is 2.33 bits per heavy atom. The summed E-state index contributed by atoms with van der Waals surface area (Å²) in [6.07, 6.45) is -2.81. The molecule has 3 aliphatic rings. The molecule has 9 heteroatoms. The smallest absolute Gasteiger partial charge is 0.406 e. The van der Waals surface area contributed by atoms with Gasteiger partial charge < -0.3 is 20.2 Å². The van der Waals surface area contributed by atoms with Crippen LogP contribution >= 0.6 is 0 Å². The zero-order valence-electron chi connectivity index (χ0n) is 11.4. The molecular weight excluding hydrogens is 291 g/mol. The van der Waals surface area contributed by atoms with Crippen molar-refractivity contribution in [2.75, 3.05) is 32.7 Å². The molecule has 3 fully saturated rings. The van der Waals surface area contributed by atoms with Gasteiger partial charge in [-0.25, -0.2) is 4.79 Å². The normalized spacial score (nSPS) is 28.2. The fourth-order valence-electron chi connectivity index (χ4n) is 2.96. The molecule has 2 amide bonds. The second kappa shape index (κ2) is 6.08. The molecule has 0 aromatic rings. The second-order valence-electron chi connectivity index (χ2n) is 5.56. The lowest BCUT2D eigenvalue weighted by Gasteiger charge is -2.45. The van der Waals surface area contributed by atoms with Crippen LogP contribution in [0.1, 0.15) is 12.8 Å². The Hall–Kier alpha value is -1.51. The molecule has 2 bridgehead atoms. The zero-order chi connectivity index (χ0) is 15.6. The zero-order valence-corrected chi connectivity index (χ0v) is 11.4. The van der Waals surface area contributed by atoms with Crippen molar-refractivity contribution in [2.24, 2.45) is 5.92 Å². The number of hydrogen-bond donors (Lipinski definition) is 2. The van der Waals surface area contributed by atoms with Crippen LogP contribution in [0.4, 0.5) is 18.0 Å². The van der Waals surface area contributed by atoms with Crippen LogP contribution in [-0.4, -0.2) is 71.8 Å². The van der Waals surface area contributed by atoms with Crippen LogP contribution in [-0.2, 0) is 4.79 Å². The fraction of sp³-hybridized carbons (Fsp3) is 0.833. The molecule has 3 rings (SSSR count). The van der Waals surface area contributed by atoms with Crippen LogP contribution in [0.5, 0.6) is 0 Å². The van der Waals surface area contributed by atoms with Gasteiger partial charge >= 0.3 is 18.2 Å². The lowest BCUT2D eigenvalue weighted by atomic mass is 9.84. The summed E-state index contributed by atoms with van der Waals surface area (Å²) < 4.78 is 37.3. The van der Waals surface area contributed by atoms with E-state index in [1.807, 2.05) is 0 Å². The van der Waals surface area contributed by atoms with Gasteiger partial charge in [0, 0.05) is 12.6 Å². The maximum absolute atomic E-state index is 12.4. The molecule has 0 spiro atoms. The number of carbonyl (C=O) groups is 2. The first-order valence-electron chi connectivity index (χ1n) is 6.81. The number of piperidine rings is 3. The molecule has 0 saturated carbocycles. The van der Waals surface area contributed by atoms with Crippen LogP contribution < -0.4 is 5.32 Å². The third-order valence-corrected chi connectivity index (χ3v) is 3.95. The van der Waals surface area contributed by atoms with E-state index in [0.29, 0.717) is 11.4 Å². The van der Waals surface area contributed by atoms with Crippen LogP contribution in [0.2, 0.25) is 0 Å². The van der Waals surface area contributed by atoms with E-state index in [4.69, 9.17) is 5.11 Å². The number of hydrogen-bond acceptors (Lipinski definition) is 3. The van der Waals surface area contributed by atoms with Gasteiger partial charge in [0.15, 0.2) is 0 Å². The highest BCUT2D eigenvalue weighted by Gasteiger charge is 2.38. The molecule has 0 aromatic carbocycles. The van der Waals surface area contributed by atoms with Gasteiger partial charge in [0.2, 0.25) is 0 Å². The number of amides is 2. The van der Waals surface area contributed by atoms with Gasteiger partial charge in [0.05, 0.1) is 0 Å². The molecular formula is C12H18F3N3O3. The molecule has 2 N–H and O–H groups in total. The van der Waals surface area contributed by atoms with Crippen molar-refractivity contribution in [1.82, 2.24) is 15.1 Å². The van der Waals surface area contributed by atoms with Gasteiger partial charge in [-0.15, -0.1) is 0 Å². The highest BCUT2D eigenvalue weighted by molar-refractivity contribution is 5.80. The predicted octanol–water partition coefficient (Wildman–Crippen LogP) is 0.739. The maximum atomic E-state index is 12.4. The third-order valence-electron chi connectivity index (χ3n) is 3.95. The number of fused-ring (bicyclic) bond motifs is 3. The Labute approximate surface area is 119 Å². The van der Waals surface area contributed by atoms with Gasteiger partial charge in [0.25, 0.3) is 0 Å². The summed E-state index contributed by atoms with van der Waals surface area (Å²) in [5.41, 5.74) is 0. The molecule has 3 aliphatic heterocycles. The van der Waals surface area contributed by atoms with E-state index in [0.717, 1.165) is 25.9 Å². The third kappa shape index (κ3) is 4.48. The summed E-state index contributed by atoms with van der Waals surface area (Å²) in [5, 5.41) is 11.2. The molecule has 1 unspecified atom stereocenters. The number of aliphatic carboxylic acids is 1. The highest BCUT2D eigenvalue weighted by atomic mass is 19.4. The van der Waals surface area contributed by atoms with Gasteiger partial charge in [-0.05, 0) is 31.8 Å². The average Bonchev–Trinajstić information content (AvgIpc) is 2.37. The van der Waals surface area contributed by atoms with E-state index in [9.17, 15) is 22.8 Å². The number of alkyl halides is 3. The lowest BCUT2D eigenvalue weighted by Crippen LogP contribution is -2.60. The SMILES string of the molecule is O=C(O)CN(CC(F)(F)F)C(=O)NC1CN2CCC1CC2. The molecule has 3 heterocycles. The van der Waals surface area contributed by atoms with E-state index < -0.39 is 31.3 Å². The Balaban J connectivity index is 1.95. The number of carboxylic acid groups (broad SMARTS) is 1. The van der Waals surface area contributed by atoms with Crippen molar-refractivity contribution >= 4 is 12.0 Å². The standard InChI is InChI=1S/C12H18F3N3O3/c13-12(14,15)7-18(6-10(19)20)11(21)16-9-5-17-3-1-8(9)2-4-17/h8-9H,1-7H2,(H,16,21)(H,19,20). The van der Waals surface area contributed by atoms with E-state index >= 15 is 0 Å². The van der Waals surface area contributed by atoms with Gasteiger partial charge in [-0.2, -0.15) is 13.2 Å². The van der Waals surface area contributed by atoms with Gasteiger partial charge in [-0.1, -0.05) is 0 Å². The molecule has 120 valence electrons. The quantitative estimate of drug-likeness (QED) is 0.803. The summed E-state index contributed by atoms with van der Waals surface area (Å²) in [4.78, 5) is 25.0. The van der Waals surface area contributed by atoms with E-state index in [1.54, 1.807) is 0 Å². The van der Waals surface area contributed by atoms with Crippen LogP contribution in [0, 0.1) is 5.92 Å².